The summed E-state index contributed by atoms with van der Waals surface area (Å²) in [5.41, 5.74) is 1.09. The molecule has 3 aromatic carbocycles. The van der Waals surface area contributed by atoms with Crippen molar-refractivity contribution in [2.24, 2.45) is 0 Å². The number of ketones is 1. The summed E-state index contributed by atoms with van der Waals surface area (Å²) in [6, 6.07) is 17.1. The molecule has 3 aromatic rings. The normalized spacial score (nSPS) is 14.3. The lowest BCUT2D eigenvalue weighted by Crippen LogP contribution is -2.09. The Bertz CT molecular complexity index is 1260. The molecule has 0 amide bonds. The van der Waals surface area contributed by atoms with Crippen LogP contribution in [0.1, 0.15) is 22.8 Å². The molecule has 158 valence electrons. The summed E-state index contributed by atoms with van der Waals surface area (Å²) in [6.07, 6.45) is 1.61. The van der Waals surface area contributed by atoms with Crippen molar-refractivity contribution in [2.75, 3.05) is 6.61 Å². The van der Waals surface area contributed by atoms with Crippen molar-refractivity contribution in [2.45, 2.75) is 11.8 Å². The number of allylic oxidation sites excluding steroid dienone is 1. The van der Waals surface area contributed by atoms with E-state index in [2.05, 4.69) is 0 Å². The maximum absolute atomic E-state index is 12.6. The van der Waals surface area contributed by atoms with Gasteiger partial charge in [-0.3, -0.25) is 4.79 Å². The summed E-state index contributed by atoms with van der Waals surface area (Å²) in [4.78, 5) is 12.6. The van der Waals surface area contributed by atoms with Gasteiger partial charge in [-0.2, -0.15) is 8.42 Å². The SMILES string of the molecule is CCOc1ccc(/C=C2\Oc3cc(OS(=O)(=O)c4ccc(Cl)cc4)ccc3C2=O)cc1. The van der Waals surface area contributed by atoms with Gasteiger partial charge in [-0.05, 0) is 67.1 Å². The fraction of sp³-hybridized carbons (Fsp3) is 0.0870. The first-order valence-corrected chi connectivity index (χ1v) is 11.2. The maximum atomic E-state index is 12.6. The van der Waals surface area contributed by atoms with Crippen LogP contribution in [0.5, 0.6) is 17.2 Å². The number of rotatable bonds is 6. The monoisotopic (exact) mass is 456 g/mol. The Morgan fingerprint density at radius 1 is 0.968 bits per heavy atom. The lowest BCUT2D eigenvalue weighted by Gasteiger charge is -2.08. The molecular weight excluding hydrogens is 440 g/mol. The third-order valence-electron chi connectivity index (χ3n) is 4.44. The second kappa shape index (κ2) is 8.45. The van der Waals surface area contributed by atoms with E-state index in [1.165, 1.54) is 42.5 Å². The van der Waals surface area contributed by atoms with E-state index >= 15 is 0 Å². The zero-order chi connectivity index (χ0) is 22.0. The lowest BCUT2D eigenvalue weighted by molar-refractivity contribution is 0.101. The maximum Gasteiger partial charge on any atom is 0.339 e. The van der Waals surface area contributed by atoms with Crippen molar-refractivity contribution in [3.05, 3.63) is 88.6 Å². The van der Waals surface area contributed by atoms with Gasteiger partial charge in [0.25, 0.3) is 0 Å². The summed E-state index contributed by atoms with van der Waals surface area (Å²) in [5.74, 6) is 0.831. The van der Waals surface area contributed by atoms with E-state index in [9.17, 15) is 13.2 Å². The number of hydrogen-bond donors (Lipinski definition) is 0. The minimum atomic E-state index is -4.06. The summed E-state index contributed by atoms with van der Waals surface area (Å²) in [5, 5.41) is 0.412. The third-order valence-corrected chi connectivity index (χ3v) is 5.95. The molecule has 0 radical (unpaired) electrons. The van der Waals surface area contributed by atoms with Crippen molar-refractivity contribution < 1.29 is 26.9 Å². The third kappa shape index (κ3) is 4.57. The molecule has 0 aromatic heterocycles. The number of hydrogen-bond acceptors (Lipinski definition) is 6. The van der Waals surface area contributed by atoms with Gasteiger partial charge in [-0.15, -0.1) is 0 Å². The summed E-state index contributed by atoms with van der Waals surface area (Å²) < 4.78 is 41.2. The Morgan fingerprint density at radius 3 is 2.32 bits per heavy atom. The fourth-order valence-corrected chi connectivity index (χ4v) is 4.02. The quantitative estimate of drug-likeness (QED) is 0.378. The highest BCUT2D eigenvalue weighted by atomic mass is 35.5. The van der Waals surface area contributed by atoms with Gasteiger partial charge in [0.1, 0.15) is 22.1 Å². The largest absolute Gasteiger partial charge is 0.494 e. The van der Waals surface area contributed by atoms with E-state index in [0.29, 0.717) is 17.2 Å². The molecule has 6 nitrogen and oxygen atoms in total. The molecule has 0 fully saturated rings. The Kier molecular flexibility index (Phi) is 5.71. The number of fused-ring (bicyclic) bond motifs is 1. The molecule has 1 aliphatic heterocycles. The van der Waals surface area contributed by atoms with Gasteiger partial charge in [0, 0.05) is 11.1 Å². The molecule has 0 bridgehead atoms. The van der Waals surface area contributed by atoms with Crippen LogP contribution in [0.2, 0.25) is 5.02 Å². The second-order valence-corrected chi connectivity index (χ2v) is 8.57. The molecule has 4 rings (SSSR count). The van der Waals surface area contributed by atoms with E-state index in [1.54, 1.807) is 18.2 Å². The van der Waals surface area contributed by atoms with Gasteiger partial charge < -0.3 is 13.7 Å². The minimum Gasteiger partial charge on any atom is -0.494 e. The van der Waals surface area contributed by atoms with Gasteiger partial charge in [0.05, 0.1) is 12.2 Å². The number of ether oxygens (including phenoxy) is 2. The van der Waals surface area contributed by atoms with Gasteiger partial charge in [0.15, 0.2) is 5.76 Å². The molecule has 8 heteroatoms. The fourth-order valence-electron chi connectivity index (χ4n) is 2.97. The van der Waals surface area contributed by atoms with Gasteiger partial charge in [-0.25, -0.2) is 0 Å². The molecule has 0 atom stereocenters. The second-order valence-electron chi connectivity index (χ2n) is 6.59. The predicted molar refractivity (Wildman–Crippen MR) is 116 cm³/mol. The van der Waals surface area contributed by atoms with Gasteiger partial charge >= 0.3 is 10.1 Å². The molecular formula is C23H17ClO6S. The molecule has 1 heterocycles. The molecule has 0 saturated heterocycles. The van der Waals surface area contributed by atoms with Crippen molar-refractivity contribution in [1.82, 2.24) is 0 Å². The van der Waals surface area contributed by atoms with Crippen molar-refractivity contribution in [1.29, 1.82) is 0 Å². The van der Waals surface area contributed by atoms with Gasteiger partial charge in [-0.1, -0.05) is 23.7 Å². The average Bonchev–Trinajstić information content (AvgIpc) is 3.04. The Labute approximate surface area is 184 Å². The lowest BCUT2D eigenvalue weighted by atomic mass is 10.1. The molecule has 0 aliphatic carbocycles. The van der Waals surface area contributed by atoms with Crippen LogP contribution >= 0.6 is 11.6 Å². The Morgan fingerprint density at radius 2 is 1.65 bits per heavy atom. The average molecular weight is 457 g/mol. The zero-order valence-electron chi connectivity index (χ0n) is 16.4. The Hall–Kier alpha value is -3.29. The van der Waals surface area contributed by atoms with Crippen LogP contribution < -0.4 is 13.7 Å². The first kappa shape index (κ1) is 21.0. The van der Waals surface area contributed by atoms with Crippen molar-refractivity contribution in [3.63, 3.8) is 0 Å². The number of benzene rings is 3. The molecule has 0 N–H and O–H groups in total. The van der Waals surface area contributed by atoms with E-state index in [-0.39, 0.29) is 27.9 Å². The highest BCUT2D eigenvalue weighted by molar-refractivity contribution is 7.87. The van der Waals surface area contributed by atoms with Crippen LogP contribution in [0.15, 0.2) is 77.4 Å². The van der Waals surface area contributed by atoms with Crippen LogP contribution in [0.3, 0.4) is 0 Å². The highest BCUT2D eigenvalue weighted by Crippen LogP contribution is 2.35. The minimum absolute atomic E-state index is 0.0313. The number of carbonyl (C=O) groups excluding carboxylic acids is 1. The summed E-state index contributed by atoms with van der Waals surface area (Å²) in [7, 11) is -4.06. The first-order chi connectivity index (χ1) is 14.9. The summed E-state index contributed by atoms with van der Waals surface area (Å²) >= 11 is 5.80. The van der Waals surface area contributed by atoms with Crippen molar-refractivity contribution in [3.8, 4) is 17.2 Å². The molecule has 31 heavy (non-hydrogen) atoms. The molecule has 0 saturated carbocycles. The molecule has 1 aliphatic rings. The van der Waals surface area contributed by atoms with E-state index in [4.69, 9.17) is 25.3 Å². The number of halogens is 1. The first-order valence-electron chi connectivity index (χ1n) is 9.37. The standard InChI is InChI=1S/C23H17ClO6S/c1-2-28-17-7-3-15(4-8-17)13-22-23(25)20-12-9-18(14-21(20)29-22)30-31(26,27)19-10-5-16(24)6-11-19/h3-14H,2H2,1H3/b22-13-. The smallest absolute Gasteiger partial charge is 0.339 e. The van der Waals surface area contributed by atoms with Gasteiger partial charge in [0.2, 0.25) is 5.78 Å². The topological polar surface area (TPSA) is 78.9 Å². The Balaban J connectivity index is 1.54. The van der Waals surface area contributed by atoms with Crippen molar-refractivity contribution >= 4 is 33.6 Å². The van der Waals surface area contributed by atoms with Crippen LogP contribution in [0.25, 0.3) is 6.08 Å². The molecule has 0 unspecified atom stereocenters. The number of Topliss-reactive ketones (excluding diaryl/α,β-unsaturated/α-hetero) is 1. The van der Waals surface area contributed by atoms with E-state index in [0.717, 1.165) is 11.3 Å². The van der Waals surface area contributed by atoms with Crippen LogP contribution in [0, 0.1) is 0 Å². The summed E-state index contributed by atoms with van der Waals surface area (Å²) in [6.45, 7) is 2.46. The van der Waals surface area contributed by atoms with Crippen LogP contribution in [-0.2, 0) is 10.1 Å². The zero-order valence-corrected chi connectivity index (χ0v) is 17.9. The highest BCUT2D eigenvalue weighted by Gasteiger charge is 2.28. The predicted octanol–water partition coefficient (Wildman–Crippen LogP) is 5.12. The van der Waals surface area contributed by atoms with E-state index < -0.39 is 10.1 Å². The van der Waals surface area contributed by atoms with E-state index in [1.807, 2.05) is 19.1 Å². The van der Waals surface area contributed by atoms with Crippen LogP contribution in [0.4, 0.5) is 0 Å². The van der Waals surface area contributed by atoms with Crippen LogP contribution in [-0.4, -0.2) is 20.8 Å². The number of carbonyl (C=O) groups is 1. The molecule has 0 spiro atoms.